The van der Waals surface area contributed by atoms with E-state index in [-0.39, 0.29) is 10.7 Å². The Bertz CT molecular complexity index is 442. The molecule has 2 N–H and O–H groups in total. The second kappa shape index (κ2) is 5.25. The number of nitrogens with zero attached hydrogens (tertiary/aromatic N) is 1. The van der Waals surface area contributed by atoms with Gasteiger partial charge in [0.25, 0.3) is 0 Å². The lowest BCUT2D eigenvalue weighted by atomic mass is 10.2. The van der Waals surface area contributed by atoms with Gasteiger partial charge in [-0.25, -0.2) is 0 Å². The van der Waals surface area contributed by atoms with Crippen molar-refractivity contribution in [3.63, 3.8) is 0 Å². The summed E-state index contributed by atoms with van der Waals surface area (Å²) in [6, 6.07) is 5.96. The lowest BCUT2D eigenvalue weighted by Crippen LogP contribution is -2.35. The molecule has 17 heavy (non-hydrogen) atoms. The van der Waals surface area contributed by atoms with Gasteiger partial charge in [-0.15, -0.1) is 0 Å². The van der Waals surface area contributed by atoms with E-state index in [2.05, 4.69) is 5.32 Å². The molecule has 3 nitrogen and oxygen atoms in total. The van der Waals surface area contributed by atoms with E-state index < -0.39 is 18.8 Å². The van der Waals surface area contributed by atoms with Gasteiger partial charge in [-0.3, -0.25) is 0 Å². The van der Waals surface area contributed by atoms with Crippen LogP contribution in [-0.2, 0) is 0 Å². The van der Waals surface area contributed by atoms with Crippen LogP contribution < -0.4 is 5.32 Å². The first-order valence-electron chi connectivity index (χ1n) is 4.53. The maximum atomic E-state index is 12.0. The molecule has 0 aliphatic rings. The number of nitrogens with one attached hydrogen (secondary N) is 1. The quantitative estimate of drug-likeness (QED) is 0.882. The van der Waals surface area contributed by atoms with Crippen LogP contribution in [0.4, 0.5) is 18.9 Å². The van der Waals surface area contributed by atoms with Crippen molar-refractivity contribution in [1.29, 1.82) is 5.26 Å². The summed E-state index contributed by atoms with van der Waals surface area (Å²) in [5.41, 5.74) is 0.533. The van der Waals surface area contributed by atoms with Gasteiger partial charge in [-0.2, -0.15) is 18.4 Å². The summed E-state index contributed by atoms with van der Waals surface area (Å²) in [7, 11) is 0. The zero-order valence-corrected chi connectivity index (χ0v) is 9.18. The van der Waals surface area contributed by atoms with E-state index in [4.69, 9.17) is 22.0 Å². The van der Waals surface area contributed by atoms with Crippen LogP contribution in [0.3, 0.4) is 0 Å². The number of halogens is 4. The maximum absolute atomic E-state index is 12.0. The first-order chi connectivity index (χ1) is 7.84. The van der Waals surface area contributed by atoms with Crippen LogP contribution in [0.5, 0.6) is 0 Å². The summed E-state index contributed by atoms with van der Waals surface area (Å²) in [6.45, 7) is -0.699. The van der Waals surface area contributed by atoms with Crippen LogP contribution in [0.2, 0.25) is 5.02 Å². The molecule has 1 rings (SSSR count). The van der Waals surface area contributed by atoms with Crippen molar-refractivity contribution in [1.82, 2.24) is 0 Å². The summed E-state index contributed by atoms with van der Waals surface area (Å²) in [6.07, 6.45) is -7.14. The Balaban J connectivity index is 2.68. The van der Waals surface area contributed by atoms with Gasteiger partial charge >= 0.3 is 6.18 Å². The molecule has 1 unspecified atom stereocenters. The Morgan fingerprint density at radius 2 is 2.12 bits per heavy atom. The van der Waals surface area contributed by atoms with Crippen molar-refractivity contribution in [3.05, 3.63) is 28.8 Å². The van der Waals surface area contributed by atoms with Crippen molar-refractivity contribution in [2.24, 2.45) is 0 Å². The van der Waals surface area contributed by atoms with E-state index in [1.54, 1.807) is 0 Å². The molecule has 0 amide bonds. The zero-order valence-electron chi connectivity index (χ0n) is 8.42. The van der Waals surface area contributed by atoms with E-state index in [9.17, 15) is 13.2 Å². The zero-order chi connectivity index (χ0) is 13.1. The Morgan fingerprint density at radius 3 is 2.59 bits per heavy atom. The Hall–Kier alpha value is -1.45. The third kappa shape index (κ3) is 3.80. The predicted molar refractivity (Wildman–Crippen MR) is 56.7 cm³/mol. The molecule has 0 saturated heterocycles. The largest absolute Gasteiger partial charge is 0.416 e. The third-order valence-corrected chi connectivity index (χ3v) is 2.27. The molecule has 0 heterocycles. The molecule has 1 aromatic carbocycles. The molecule has 0 saturated carbocycles. The van der Waals surface area contributed by atoms with Crippen molar-refractivity contribution in [3.8, 4) is 6.07 Å². The van der Waals surface area contributed by atoms with Gasteiger partial charge in [0.2, 0.25) is 0 Å². The second-order valence-corrected chi connectivity index (χ2v) is 3.65. The molecule has 1 atom stereocenters. The molecule has 0 aliphatic carbocycles. The van der Waals surface area contributed by atoms with Gasteiger partial charge in [-0.05, 0) is 18.2 Å². The topological polar surface area (TPSA) is 56.0 Å². The number of rotatable bonds is 3. The van der Waals surface area contributed by atoms with Crippen LogP contribution in [0.25, 0.3) is 0 Å². The van der Waals surface area contributed by atoms with Gasteiger partial charge in [0.15, 0.2) is 6.10 Å². The molecule has 1 aromatic rings. The van der Waals surface area contributed by atoms with Gasteiger partial charge in [0.05, 0.1) is 22.3 Å². The fourth-order valence-electron chi connectivity index (χ4n) is 1.05. The number of hydrogen-bond donors (Lipinski definition) is 2. The fourth-order valence-corrected chi connectivity index (χ4v) is 1.30. The Labute approximate surface area is 100 Å². The highest BCUT2D eigenvalue weighted by Gasteiger charge is 2.37. The molecule has 0 aromatic heterocycles. The smallest absolute Gasteiger partial charge is 0.382 e. The van der Waals surface area contributed by atoms with Gasteiger partial charge in [-0.1, -0.05) is 11.6 Å². The summed E-state index contributed by atoms with van der Waals surface area (Å²) >= 11 is 5.73. The molecule has 0 aliphatic heterocycles. The number of alkyl halides is 3. The monoisotopic (exact) mass is 264 g/mol. The van der Waals surface area contributed by atoms with Crippen molar-refractivity contribution in [2.75, 3.05) is 11.9 Å². The SMILES string of the molecule is N#Cc1ccc(NCC(O)C(F)(F)F)c(Cl)c1. The average molecular weight is 265 g/mol. The summed E-state index contributed by atoms with van der Waals surface area (Å²) < 4.78 is 36.0. The van der Waals surface area contributed by atoms with Crippen LogP contribution in [0, 0.1) is 11.3 Å². The van der Waals surface area contributed by atoms with Crippen molar-refractivity contribution >= 4 is 17.3 Å². The van der Waals surface area contributed by atoms with Crippen molar-refractivity contribution in [2.45, 2.75) is 12.3 Å². The van der Waals surface area contributed by atoms with E-state index >= 15 is 0 Å². The minimum absolute atomic E-state index is 0.124. The van der Waals surface area contributed by atoms with Crippen molar-refractivity contribution < 1.29 is 18.3 Å². The Kier molecular flexibility index (Phi) is 4.21. The molecular formula is C10H8ClF3N2O. The third-order valence-electron chi connectivity index (χ3n) is 1.96. The Morgan fingerprint density at radius 1 is 1.47 bits per heavy atom. The molecule has 7 heteroatoms. The highest BCUT2D eigenvalue weighted by atomic mass is 35.5. The minimum atomic E-state index is -4.67. The number of aliphatic hydroxyl groups is 1. The van der Waals surface area contributed by atoms with Gasteiger partial charge in [0.1, 0.15) is 0 Å². The van der Waals surface area contributed by atoms with Crippen LogP contribution >= 0.6 is 11.6 Å². The summed E-state index contributed by atoms with van der Waals surface area (Å²) in [5, 5.41) is 19.8. The summed E-state index contributed by atoms with van der Waals surface area (Å²) in [4.78, 5) is 0. The number of nitriles is 1. The number of aliphatic hydroxyl groups excluding tert-OH is 1. The number of anilines is 1. The van der Waals surface area contributed by atoms with Gasteiger partial charge in [0, 0.05) is 6.54 Å². The number of benzene rings is 1. The highest BCUT2D eigenvalue weighted by molar-refractivity contribution is 6.33. The van der Waals surface area contributed by atoms with Gasteiger partial charge < -0.3 is 10.4 Å². The van der Waals surface area contributed by atoms with Crippen LogP contribution in [0.15, 0.2) is 18.2 Å². The molecular weight excluding hydrogens is 257 g/mol. The minimum Gasteiger partial charge on any atom is -0.382 e. The first-order valence-corrected chi connectivity index (χ1v) is 4.90. The first kappa shape index (κ1) is 13.6. The molecule has 0 bridgehead atoms. The standard InChI is InChI=1S/C10H8ClF3N2O/c11-7-3-6(4-15)1-2-8(7)16-5-9(17)10(12,13)14/h1-3,9,16-17H,5H2. The lowest BCUT2D eigenvalue weighted by molar-refractivity contribution is -0.198. The average Bonchev–Trinajstić information content (AvgIpc) is 2.25. The molecule has 0 spiro atoms. The fraction of sp³-hybridized carbons (Fsp3) is 0.300. The van der Waals surface area contributed by atoms with Crippen LogP contribution in [-0.4, -0.2) is 23.9 Å². The van der Waals surface area contributed by atoms with E-state index in [1.807, 2.05) is 6.07 Å². The van der Waals surface area contributed by atoms with E-state index in [1.165, 1.54) is 18.2 Å². The maximum Gasteiger partial charge on any atom is 0.416 e. The molecule has 0 radical (unpaired) electrons. The molecule has 0 fully saturated rings. The predicted octanol–water partition coefficient (Wildman–Crippen LogP) is 2.55. The summed E-state index contributed by atoms with van der Waals surface area (Å²) in [5.74, 6) is 0. The number of hydrogen-bond acceptors (Lipinski definition) is 3. The normalized spacial score (nSPS) is 12.9. The highest BCUT2D eigenvalue weighted by Crippen LogP contribution is 2.24. The van der Waals surface area contributed by atoms with E-state index in [0.717, 1.165) is 0 Å². The molecule has 92 valence electrons. The van der Waals surface area contributed by atoms with E-state index in [0.29, 0.717) is 5.56 Å². The lowest BCUT2D eigenvalue weighted by Gasteiger charge is -2.16. The van der Waals surface area contributed by atoms with Crippen LogP contribution in [0.1, 0.15) is 5.56 Å². The second-order valence-electron chi connectivity index (χ2n) is 3.24.